The molecule has 2 aromatic carbocycles. The summed E-state index contributed by atoms with van der Waals surface area (Å²) in [6, 6.07) is 14.9. The molecule has 1 amide bonds. The van der Waals surface area contributed by atoms with Crippen molar-refractivity contribution in [1.29, 1.82) is 0 Å². The summed E-state index contributed by atoms with van der Waals surface area (Å²) < 4.78 is 0. The molecule has 0 unspecified atom stereocenters. The SMILES string of the molecule is Cc1cc(-c2ccccc2)cc2c1C(=O)N(C(C)C)C2. The van der Waals surface area contributed by atoms with Gasteiger partial charge in [-0.15, -0.1) is 0 Å². The van der Waals surface area contributed by atoms with Gasteiger partial charge >= 0.3 is 0 Å². The summed E-state index contributed by atoms with van der Waals surface area (Å²) in [6.07, 6.45) is 0. The predicted molar refractivity (Wildman–Crippen MR) is 81.6 cm³/mol. The molecule has 2 nitrogen and oxygen atoms in total. The molecule has 0 saturated carbocycles. The standard InChI is InChI=1S/C18H19NO/c1-12(2)19-11-16-10-15(14-7-5-4-6-8-14)9-13(3)17(16)18(19)20/h4-10,12H,11H2,1-3H3. The number of aryl methyl sites for hydroxylation is 1. The molecule has 0 radical (unpaired) electrons. The fourth-order valence-electron chi connectivity index (χ4n) is 2.90. The number of carbonyl (C=O) groups excluding carboxylic acids is 1. The van der Waals surface area contributed by atoms with Crippen molar-refractivity contribution >= 4 is 5.91 Å². The summed E-state index contributed by atoms with van der Waals surface area (Å²) in [4.78, 5) is 14.4. The fourth-order valence-corrected chi connectivity index (χ4v) is 2.90. The van der Waals surface area contributed by atoms with Crippen molar-refractivity contribution < 1.29 is 4.79 Å². The Hall–Kier alpha value is -2.09. The minimum absolute atomic E-state index is 0.173. The molecule has 3 rings (SSSR count). The molecule has 0 aromatic heterocycles. The largest absolute Gasteiger partial charge is 0.332 e. The Balaban J connectivity index is 2.08. The van der Waals surface area contributed by atoms with Crippen LogP contribution >= 0.6 is 0 Å². The maximum Gasteiger partial charge on any atom is 0.255 e. The zero-order chi connectivity index (χ0) is 14.3. The molecule has 0 N–H and O–H groups in total. The predicted octanol–water partition coefficient (Wildman–Crippen LogP) is 4.03. The normalized spacial score (nSPS) is 14.0. The average molecular weight is 265 g/mol. The third-order valence-electron chi connectivity index (χ3n) is 3.96. The summed E-state index contributed by atoms with van der Waals surface area (Å²) in [5.41, 5.74) is 5.53. The van der Waals surface area contributed by atoms with E-state index in [1.54, 1.807) is 0 Å². The van der Waals surface area contributed by atoms with Gasteiger partial charge in [0.25, 0.3) is 5.91 Å². The van der Waals surface area contributed by atoms with E-state index in [4.69, 9.17) is 0 Å². The lowest BCUT2D eigenvalue weighted by molar-refractivity contribution is 0.0730. The Kier molecular flexibility index (Phi) is 3.09. The van der Waals surface area contributed by atoms with Crippen LogP contribution in [-0.4, -0.2) is 16.8 Å². The Labute approximate surface area is 120 Å². The van der Waals surface area contributed by atoms with Crippen LogP contribution in [0.2, 0.25) is 0 Å². The van der Waals surface area contributed by atoms with Gasteiger partial charge in [-0.2, -0.15) is 0 Å². The summed E-state index contributed by atoms with van der Waals surface area (Å²) in [5.74, 6) is 0.173. The minimum Gasteiger partial charge on any atom is -0.332 e. The van der Waals surface area contributed by atoms with Crippen LogP contribution in [0.25, 0.3) is 11.1 Å². The third-order valence-corrected chi connectivity index (χ3v) is 3.96. The highest BCUT2D eigenvalue weighted by molar-refractivity contribution is 6.00. The molecule has 0 saturated heterocycles. The van der Waals surface area contributed by atoms with Gasteiger partial charge in [0.2, 0.25) is 0 Å². The number of amides is 1. The van der Waals surface area contributed by atoms with Gasteiger partial charge in [0.15, 0.2) is 0 Å². The van der Waals surface area contributed by atoms with E-state index < -0.39 is 0 Å². The molecule has 0 spiro atoms. The van der Waals surface area contributed by atoms with Crippen molar-refractivity contribution in [2.24, 2.45) is 0 Å². The molecule has 2 aromatic rings. The van der Waals surface area contributed by atoms with Gasteiger partial charge in [-0.1, -0.05) is 36.4 Å². The second kappa shape index (κ2) is 4.78. The Morgan fingerprint density at radius 1 is 1.05 bits per heavy atom. The topological polar surface area (TPSA) is 20.3 Å². The quantitative estimate of drug-likeness (QED) is 0.803. The van der Waals surface area contributed by atoms with Crippen molar-refractivity contribution in [2.45, 2.75) is 33.4 Å². The van der Waals surface area contributed by atoms with E-state index in [-0.39, 0.29) is 11.9 Å². The van der Waals surface area contributed by atoms with Crippen LogP contribution in [0.3, 0.4) is 0 Å². The molecule has 1 heterocycles. The van der Waals surface area contributed by atoms with E-state index in [0.717, 1.165) is 23.2 Å². The van der Waals surface area contributed by atoms with Crippen LogP contribution in [0, 0.1) is 6.92 Å². The molecule has 0 aliphatic carbocycles. The number of carbonyl (C=O) groups is 1. The second-order valence-electron chi connectivity index (χ2n) is 5.72. The van der Waals surface area contributed by atoms with Gasteiger partial charge in [0, 0.05) is 18.2 Å². The number of hydrogen-bond donors (Lipinski definition) is 0. The smallest absolute Gasteiger partial charge is 0.255 e. The first-order chi connectivity index (χ1) is 9.58. The maximum atomic E-state index is 12.4. The number of benzene rings is 2. The van der Waals surface area contributed by atoms with E-state index in [9.17, 15) is 4.79 Å². The molecule has 1 aliphatic heterocycles. The summed E-state index contributed by atoms with van der Waals surface area (Å²) in [7, 11) is 0. The van der Waals surface area contributed by atoms with Crippen molar-refractivity contribution in [1.82, 2.24) is 4.90 Å². The number of fused-ring (bicyclic) bond motifs is 1. The third kappa shape index (κ3) is 2.01. The lowest BCUT2D eigenvalue weighted by Crippen LogP contribution is -2.30. The molecule has 2 heteroatoms. The van der Waals surface area contributed by atoms with Crippen LogP contribution in [0.1, 0.15) is 35.3 Å². The number of hydrogen-bond acceptors (Lipinski definition) is 1. The molecule has 102 valence electrons. The van der Waals surface area contributed by atoms with Crippen molar-refractivity contribution in [3.63, 3.8) is 0 Å². The monoisotopic (exact) mass is 265 g/mol. The van der Waals surface area contributed by atoms with Crippen LogP contribution in [0.15, 0.2) is 42.5 Å². The second-order valence-corrected chi connectivity index (χ2v) is 5.72. The summed E-state index contributed by atoms with van der Waals surface area (Å²) in [6.45, 7) is 6.90. The average Bonchev–Trinajstić information content (AvgIpc) is 2.77. The molecule has 1 aliphatic rings. The number of nitrogens with zero attached hydrogens (tertiary/aromatic N) is 1. The van der Waals surface area contributed by atoms with Crippen LogP contribution in [0.5, 0.6) is 0 Å². The van der Waals surface area contributed by atoms with Crippen LogP contribution in [-0.2, 0) is 6.54 Å². The van der Waals surface area contributed by atoms with E-state index in [2.05, 4.69) is 38.1 Å². The maximum absolute atomic E-state index is 12.4. The molecular formula is C18H19NO. The molecular weight excluding hydrogens is 246 g/mol. The highest BCUT2D eigenvalue weighted by atomic mass is 16.2. The number of rotatable bonds is 2. The van der Waals surface area contributed by atoms with Crippen LogP contribution < -0.4 is 0 Å². The Bertz CT molecular complexity index is 659. The van der Waals surface area contributed by atoms with Crippen molar-refractivity contribution in [2.75, 3.05) is 0 Å². The molecule has 0 bridgehead atoms. The first-order valence-electron chi connectivity index (χ1n) is 7.08. The lowest BCUT2D eigenvalue weighted by atomic mass is 9.96. The van der Waals surface area contributed by atoms with E-state index in [0.29, 0.717) is 0 Å². The highest BCUT2D eigenvalue weighted by Gasteiger charge is 2.30. The highest BCUT2D eigenvalue weighted by Crippen LogP contribution is 2.32. The van der Waals surface area contributed by atoms with Crippen molar-refractivity contribution in [3.8, 4) is 11.1 Å². The van der Waals surface area contributed by atoms with Gasteiger partial charge in [-0.05, 0) is 49.1 Å². The zero-order valence-electron chi connectivity index (χ0n) is 12.2. The lowest BCUT2D eigenvalue weighted by Gasteiger charge is -2.19. The van der Waals surface area contributed by atoms with Gasteiger partial charge in [0.05, 0.1) is 0 Å². The summed E-state index contributed by atoms with van der Waals surface area (Å²) in [5, 5.41) is 0. The van der Waals surface area contributed by atoms with E-state index >= 15 is 0 Å². The Morgan fingerprint density at radius 2 is 1.75 bits per heavy atom. The zero-order valence-corrected chi connectivity index (χ0v) is 12.2. The molecule has 20 heavy (non-hydrogen) atoms. The van der Waals surface area contributed by atoms with Crippen LogP contribution in [0.4, 0.5) is 0 Å². The van der Waals surface area contributed by atoms with Gasteiger partial charge in [-0.3, -0.25) is 4.79 Å². The molecule has 0 atom stereocenters. The van der Waals surface area contributed by atoms with Gasteiger partial charge in [0.1, 0.15) is 0 Å². The van der Waals surface area contributed by atoms with E-state index in [1.165, 1.54) is 11.1 Å². The summed E-state index contributed by atoms with van der Waals surface area (Å²) >= 11 is 0. The Morgan fingerprint density at radius 3 is 2.40 bits per heavy atom. The van der Waals surface area contributed by atoms with Crippen molar-refractivity contribution in [3.05, 3.63) is 59.2 Å². The van der Waals surface area contributed by atoms with Gasteiger partial charge in [-0.25, -0.2) is 0 Å². The van der Waals surface area contributed by atoms with E-state index in [1.807, 2.05) is 30.0 Å². The first-order valence-corrected chi connectivity index (χ1v) is 7.08. The minimum atomic E-state index is 0.173. The fraction of sp³-hybridized carbons (Fsp3) is 0.278. The molecule has 0 fully saturated rings. The van der Waals surface area contributed by atoms with Gasteiger partial charge < -0.3 is 4.90 Å². The first kappa shape index (κ1) is 12.9.